The van der Waals surface area contributed by atoms with Gasteiger partial charge in [0.2, 0.25) is 0 Å². The van der Waals surface area contributed by atoms with Crippen molar-refractivity contribution in [3.8, 4) is 0 Å². The van der Waals surface area contributed by atoms with Gasteiger partial charge >= 0.3 is 0 Å². The highest BCUT2D eigenvalue weighted by atomic mass is 31.1. The molecule has 0 amide bonds. The summed E-state index contributed by atoms with van der Waals surface area (Å²) in [5.41, 5.74) is -0.472. The molecule has 6 heteroatoms. The minimum absolute atomic E-state index is 0.236. The lowest BCUT2D eigenvalue weighted by atomic mass is 10.1. The zero-order valence-electron chi connectivity index (χ0n) is 29.6. The van der Waals surface area contributed by atoms with Crippen LogP contribution in [0.3, 0.4) is 0 Å². The molecule has 3 N–H and O–H groups in total. The Kier molecular flexibility index (Phi) is 33.8. The highest BCUT2D eigenvalue weighted by molar-refractivity contribution is 7.89. The third kappa shape index (κ3) is 27.9. The van der Waals surface area contributed by atoms with Gasteiger partial charge in [-0.3, -0.25) is 9.59 Å². The molecule has 0 spiro atoms. The number of carbonyl (C=O) groups is 2. The summed E-state index contributed by atoms with van der Waals surface area (Å²) in [5.74, 6) is -1.48. The monoisotopic (exact) mass is 653 g/mol. The lowest BCUT2D eigenvalue weighted by Gasteiger charge is -2.24. The summed E-state index contributed by atoms with van der Waals surface area (Å²) in [6, 6.07) is 0. The molecule has 0 aliphatic rings. The molecule has 0 aromatic heterocycles. The van der Waals surface area contributed by atoms with Crippen LogP contribution in [-0.2, 0) is 9.59 Å². The zero-order valence-corrected chi connectivity index (χ0v) is 30.5. The fourth-order valence-corrected chi connectivity index (χ4v) is 7.74. The smallest absolute Gasteiger partial charge is 0.164 e. The quantitative estimate of drug-likeness (QED) is 0.0360. The van der Waals surface area contributed by atoms with E-state index in [4.69, 9.17) is 0 Å². The first-order valence-corrected chi connectivity index (χ1v) is 20.5. The molecule has 0 heterocycles. The Balaban J connectivity index is 4.09. The highest BCUT2D eigenvalue weighted by Gasteiger charge is 2.36. The number of hydrogen-bond acceptors (Lipinski definition) is 5. The maximum atomic E-state index is 13.0. The molecule has 0 saturated carbocycles. The summed E-state index contributed by atoms with van der Waals surface area (Å²) in [4.78, 5) is 26.0. The third-order valence-electron chi connectivity index (χ3n) is 8.64. The van der Waals surface area contributed by atoms with E-state index in [2.05, 4.69) is 38.2 Å². The molecule has 45 heavy (non-hydrogen) atoms. The second-order valence-corrected chi connectivity index (χ2v) is 15.3. The average Bonchev–Trinajstić information content (AvgIpc) is 3.04. The topological polar surface area (TPSA) is 94.8 Å². The molecular formula is C39H73O5P. The maximum Gasteiger partial charge on any atom is 0.164 e. The van der Waals surface area contributed by atoms with Gasteiger partial charge in [-0.1, -0.05) is 141 Å². The van der Waals surface area contributed by atoms with E-state index in [1.807, 2.05) is 0 Å². The molecule has 264 valence electrons. The summed E-state index contributed by atoms with van der Waals surface area (Å²) in [5, 5.41) is 29.9. The number of aliphatic hydroxyl groups is 3. The summed E-state index contributed by atoms with van der Waals surface area (Å²) >= 11 is 0. The van der Waals surface area contributed by atoms with Gasteiger partial charge in [-0.05, 0) is 64.2 Å². The van der Waals surface area contributed by atoms with E-state index >= 15 is 0 Å². The SMILES string of the molecule is CCCCCCCC/C=C\CCCCCCCC(=O)P(C(=O)CCCCCCC/C=C\CCCCCCCC)C(O)C(O)CO. The minimum atomic E-state index is -2.03. The van der Waals surface area contributed by atoms with Gasteiger partial charge in [-0.15, -0.1) is 0 Å². The van der Waals surface area contributed by atoms with E-state index in [1.54, 1.807) is 0 Å². The first-order chi connectivity index (χ1) is 22.0. The predicted octanol–water partition coefficient (Wildman–Crippen LogP) is 11.3. The largest absolute Gasteiger partial charge is 0.394 e. The highest BCUT2D eigenvalue weighted by Crippen LogP contribution is 2.46. The van der Waals surface area contributed by atoms with Gasteiger partial charge in [0.15, 0.2) is 11.0 Å². The Bertz CT molecular complexity index is 670. The molecule has 0 radical (unpaired) electrons. The van der Waals surface area contributed by atoms with Gasteiger partial charge < -0.3 is 15.3 Å². The number of hydrogen-bond donors (Lipinski definition) is 3. The van der Waals surface area contributed by atoms with E-state index in [0.717, 1.165) is 64.2 Å². The molecule has 0 bridgehead atoms. The number of carbonyl (C=O) groups excluding carboxylic acids is 2. The summed E-state index contributed by atoms with van der Waals surface area (Å²) in [7, 11) is -2.03. The van der Waals surface area contributed by atoms with Crippen LogP contribution in [0.1, 0.15) is 194 Å². The summed E-state index contributed by atoms with van der Waals surface area (Å²) in [6.45, 7) is 3.85. The van der Waals surface area contributed by atoms with Crippen LogP contribution < -0.4 is 0 Å². The first kappa shape index (κ1) is 44.1. The summed E-state index contributed by atoms with van der Waals surface area (Å²) in [6.07, 6.45) is 38.9. The van der Waals surface area contributed by atoms with E-state index < -0.39 is 26.5 Å². The molecule has 0 aromatic rings. The van der Waals surface area contributed by atoms with Crippen LogP contribution in [0.25, 0.3) is 0 Å². The molecule has 5 nitrogen and oxygen atoms in total. The molecule has 0 aromatic carbocycles. The van der Waals surface area contributed by atoms with Gasteiger partial charge in [0.25, 0.3) is 0 Å². The molecule has 2 atom stereocenters. The Hall–Kier alpha value is -0.870. The van der Waals surface area contributed by atoms with Crippen LogP contribution in [0.15, 0.2) is 24.3 Å². The van der Waals surface area contributed by atoms with E-state index in [1.165, 1.54) is 89.9 Å². The van der Waals surface area contributed by atoms with Crippen LogP contribution in [0, 0.1) is 0 Å². The predicted molar refractivity (Wildman–Crippen MR) is 195 cm³/mol. The van der Waals surface area contributed by atoms with Crippen molar-refractivity contribution in [2.75, 3.05) is 6.61 Å². The molecule has 0 saturated heterocycles. The Morgan fingerprint density at radius 2 is 0.778 bits per heavy atom. The van der Waals surface area contributed by atoms with Crippen molar-refractivity contribution in [1.82, 2.24) is 0 Å². The fraction of sp³-hybridized carbons (Fsp3) is 0.846. The van der Waals surface area contributed by atoms with E-state index in [9.17, 15) is 24.9 Å². The van der Waals surface area contributed by atoms with Crippen molar-refractivity contribution in [1.29, 1.82) is 0 Å². The van der Waals surface area contributed by atoms with Gasteiger partial charge in [-0.2, -0.15) is 0 Å². The maximum absolute atomic E-state index is 13.0. The van der Waals surface area contributed by atoms with Crippen molar-refractivity contribution in [2.24, 2.45) is 0 Å². The van der Waals surface area contributed by atoms with E-state index in [-0.39, 0.29) is 23.9 Å². The van der Waals surface area contributed by atoms with Crippen LogP contribution in [0.2, 0.25) is 0 Å². The van der Waals surface area contributed by atoms with Crippen molar-refractivity contribution >= 4 is 19.0 Å². The fourth-order valence-electron chi connectivity index (χ4n) is 5.64. The van der Waals surface area contributed by atoms with Gasteiger partial charge in [0.05, 0.1) is 14.5 Å². The van der Waals surface area contributed by atoms with Crippen molar-refractivity contribution in [2.45, 2.75) is 206 Å². The normalized spacial score (nSPS) is 13.4. The Labute approximate surface area is 279 Å². The second-order valence-electron chi connectivity index (χ2n) is 13.0. The number of aliphatic hydroxyl groups excluding tert-OH is 3. The van der Waals surface area contributed by atoms with Gasteiger partial charge in [0.1, 0.15) is 11.9 Å². The van der Waals surface area contributed by atoms with Gasteiger partial charge in [-0.25, -0.2) is 0 Å². The lowest BCUT2D eigenvalue weighted by molar-refractivity contribution is -0.115. The first-order valence-electron chi connectivity index (χ1n) is 19.1. The van der Waals surface area contributed by atoms with Crippen molar-refractivity contribution < 1.29 is 24.9 Å². The molecule has 0 rings (SSSR count). The Morgan fingerprint density at radius 3 is 1.09 bits per heavy atom. The van der Waals surface area contributed by atoms with E-state index in [0.29, 0.717) is 12.8 Å². The zero-order chi connectivity index (χ0) is 33.2. The standard InChI is InChI=1S/C39H73O5P/c1-3-5-7-9-11-13-15-17-19-21-23-25-27-29-31-33-37(42)45(39(44)36(41)35-40)38(43)34-32-30-28-26-24-22-20-18-16-14-12-10-8-6-4-2/h17-20,36,39-41,44H,3-16,21-35H2,1-2H3/b19-17-,20-18-. The molecule has 0 fully saturated rings. The number of unbranched alkanes of at least 4 members (excludes halogenated alkanes) is 22. The summed E-state index contributed by atoms with van der Waals surface area (Å²) < 4.78 is 0. The van der Waals surface area contributed by atoms with Crippen LogP contribution in [-0.4, -0.2) is 44.9 Å². The number of allylic oxidation sites excluding steroid dienone is 4. The van der Waals surface area contributed by atoms with Crippen LogP contribution in [0.5, 0.6) is 0 Å². The molecule has 2 unspecified atom stereocenters. The molecular weight excluding hydrogens is 579 g/mol. The van der Waals surface area contributed by atoms with Crippen molar-refractivity contribution in [3.63, 3.8) is 0 Å². The third-order valence-corrected chi connectivity index (χ3v) is 11.0. The molecule has 0 aliphatic heterocycles. The van der Waals surface area contributed by atoms with Crippen LogP contribution >= 0.6 is 7.92 Å². The average molecular weight is 653 g/mol. The van der Waals surface area contributed by atoms with Gasteiger partial charge in [0, 0.05) is 12.8 Å². The molecule has 0 aliphatic carbocycles. The van der Waals surface area contributed by atoms with Crippen LogP contribution in [0.4, 0.5) is 0 Å². The second kappa shape index (κ2) is 34.5. The van der Waals surface area contributed by atoms with Crippen molar-refractivity contribution in [3.05, 3.63) is 24.3 Å². The number of rotatable bonds is 35. The lowest BCUT2D eigenvalue weighted by Crippen LogP contribution is -2.31. The Morgan fingerprint density at radius 1 is 0.489 bits per heavy atom. The minimum Gasteiger partial charge on any atom is -0.394 e.